The van der Waals surface area contributed by atoms with Crippen LogP contribution in [0.2, 0.25) is 0 Å². The Labute approximate surface area is 135 Å². The number of amides is 1. The van der Waals surface area contributed by atoms with Gasteiger partial charge >= 0.3 is 0 Å². The fourth-order valence-corrected chi connectivity index (χ4v) is 4.15. The molecule has 0 spiro atoms. The van der Waals surface area contributed by atoms with E-state index in [0.717, 1.165) is 18.4 Å². The van der Waals surface area contributed by atoms with E-state index in [4.69, 9.17) is 0 Å². The molecular formula is C16H19N3O3S. The molecule has 0 bridgehead atoms. The Balaban J connectivity index is 1.79. The van der Waals surface area contributed by atoms with Gasteiger partial charge in [-0.15, -0.1) is 0 Å². The Bertz CT molecular complexity index is 821. The van der Waals surface area contributed by atoms with Crippen molar-refractivity contribution in [1.82, 2.24) is 9.29 Å². The first-order valence-electron chi connectivity index (χ1n) is 7.54. The zero-order valence-corrected chi connectivity index (χ0v) is 13.7. The highest BCUT2D eigenvalue weighted by molar-refractivity contribution is 7.89. The van der Waals surface area contributed by atoms with E-state index in [0.29, 0.717) is 18.8 Å². The second kappa shape index (κ2) is 6.17. The molecule has 2 aromatic rings. The lowest BCUT2D eigenvalue weighted by Gasteiger charge is -2.13. The van der Waals surface area contributed by atoms with Gasteiger partial charge in [-0.2, -0.15) is 4.31 Å². The van der Waals surface area contributed by atoms with Crippen LogP contribution in [0.1, 0.15) is 28.9 Å². The van der Waals surface area contributed by atoms with Crippen LogP contribution in [0.5, 0.6) is 0 Å². The number of para-hydroxylation sites is 1. The number of H-pyrrole nitrogens is 1. The van der Waals surface area contributed by atoms with Gasteiger partial charge in [-0.1, -0.05) is 18.2 Å². The Kier molecular flexibility index (Phi) is 4.23. The highest BCUT2D eigenvalue weighted by Gasteiger charge is 2.28. The first-order chi connectivity index (χ1) is 11.0. The normalized spacial score (nSPS) is 15.7. The lowest BCUT2D eigenvalue weighted by molar-refractivity contribution is 0.102. The van der Waals surface area contributed by atoms with Gasteiger partial charge in [0, 0.05) is 25.0 Å². The summed E-state index contributed by atoms with van der Waals surface area (Å²) in [6.07, 6.45) is 3.13. The monoisotopic (exact) mass is 333 g/mol. The molecule has 122 valence electrons. The molecule has 1 aliphatic rings. The molecule has 0 unspecified atom stereocenters. The van der Waals surface area contributed by atoms with Crippen molar-refractivity contribution >= 4 is 21.6 Å². The molecule has 7 heteroatoms. The van der Waals surface area contributed by atoms with Crippen LogP contribution >= 0.6 is 0 Å². The van der Waals surface area contributed by atoms with E-state index in [1.165, 1.54) is 16.6 Å². The van der Waals surface area contributed by atoms with Gasteiger partial charge in [0.05, 0.1) is 0 Å². The van der Waals surface area contributed by atoms with Crippen LogP contribution in [0.3, 0.4) is 0 Å². The number of benzene rings is 1. The minimum atomic E-state index is -3.51. The molecule has 6 nitrogen and oxygen atoms in total. The van der Waals surface area contributed by atoms with Crippen LogP contribution in [0.15, 0.2) is 41.4 Å². The van der Waals surface area contributed by atoms with E-state index in [2.05, 4.69) is 10.3 Å². The number of nitrogens with one attached hydrogen (secondary N) is 2. The van der Waals surface area contributed by atoms with E-state index in [-0.39, 0.29) is 16.5 Å². The second-order valence-electron chi connectivity index (χ2n) is 5.63. The predicted octanol–water partition coefficient (Wildman–Crippen LogP) is 2.36. The number of aromatic amines is 1. The van der Waals surface area contributed by atoms with Crippen molar-refractivity contribution in [2.24, 2.45) is 0 Å². The number of nitrogens with zero attached hydrogens (tertiary/aromatic N) is 1. The summed E-state index contributed by atoms with van der Waals surface area (Å²) in [4.78, 5) is 15.2. The summed E-state index contributed by atoms with van der Waals surface area (Å²) in [7, 11) is -3.51. The average molecular weight is 333 g/mol. The number of carbonyl (C=O) groups excluding carboxylic acids is 1. The topological polar surface area (TPSA) is 82.3 Å². The Morgan fingerprint density at radius 3 is 2.61 bits per heavy atom. The van der Waals surface area contributed by atoms with Crippen molar-refractivity contribution in [2.75, 3.05) is 18.4 Å². The molecule has 1 aromatic carbocycles. The predicted molar refractivity (Wildman–Crippen MR) is 87.9 cm³/mol. The molecule has 0 radical (unpaired) electrons. The van der Waals surface area contributed by atoms with Gasteiger partial charge in [-0.3, -0.25) is 4.79 Å². The number of hydrogen-bond acceptors (Lipinski definition) is 3. The lowest BCUT2D eigenvalue weighted by atomic mass is 10.2. The Hall–Kier alpha value is -2.12. The number of rotatable bonds is 4. The summed E-state index contributed by atoms with van der Waals surface area (Å²) in [6.45, 7) is 2.98. The molecule has 1 fully saturated rings. The van der Waals surface area contributed by atoms with Gasteiger partial charge in [0.25, 0.3) is 5.91 Å². The fraction of sp³-hybridized carbons (Fsp3) is 0.312. The van der Waals surface area contributed by atoms with Crippen molar-refractivity contribution in [3.05, 3.63) is 47.8 Å². The van der Waals surface area contributed by atoms with Crippen LogP contribution in [-0.4, -0.2) is 36.7 Å². The first-order valence-corrected chi connectivity index (χ1v) is 8.98. The fourth-order valence-electron chi connectivity index (χ4n) is 2.63. The molecule has 0 saturated carbocycles. The highest BCUT2D eigenvalue weighted by Crippen LogP contribution is 2.22. The largest absolute Gasteiger partial charge is 0.356 e. The molecule has 2 N–H and O–H groups in total. The first kappa shape index (κ1) is 15.8. The Morgan fingerprint density at radius 2 is 1.91 bits per heavy atom. The standard InChI is InChI=1S/C16H19N3O3S/c1-12-6-2-3-7-14(12)18-16(20)15-10-13(11-17-15)23(21,22)19-8-4-5-9-19/h2-3,6-7,10-11,17H,4-5,8-9H2,1H3,(H,18,20). The zero-order valence-electron chi connectivity index (χ0n) is 12.9. The molecule has 2 heterocycles. The quantitative estimate of drug-likeness (QED) is 0.901. The third kappa shape index (κ3) is 3.16. The van der Waals surface area contributed by atoms with E-state index < -0.39 is 10.0 Å². The van der Waals surface area contributed by atoms with Crippen molar-refractivity contribution in [3.63, 3.8) is 0 Å². The smallest absolute Gasteiger partial charge is 0.272 e. The van der Waals surface area contributed by atoms with Gasteiger partial charge < -0.3 is 10.3 Å². The van der Waals surface area contributed by atoms with Crippen molar-refractivity contribution < 1.29 is 13.2 Å². The van der Waals surface area contributed by atoms with Crippen LogP contribution in [0.4, 0.5) is 5.69 Å². The van der Waals surface area contributed by atoms with Gasteiger partial charge in [0.15, 0.2) is 0 Å². The summed E-state index contributed by atoms with van der Waals surface area (Å²) >= 11 is 0. The summed E-state index contributed by atoms with van der Waals surface area (Å²) in [5.74, 6) is -0.359. The number of hydrogen-bond donors (Lipinski definition) is 2. The number of anilines is 1. The third-order valence-electron chi connectivity index (χ3n) is 4.00. The summed E-state index contributed by atoms with van der Waals surface area (Å²) in [5, 5.41) is 2.78. The van der Waals surface area contributed by atoms with Gasteiger partial charge in [0.2, 0.25) is 10.0 Å². The van der Waals surface area contributed by atoms with Crippen molar-refractivity contribution in [2.45, 2.75) is 24.7 Å². The number of aryl methyl sites for hydroxylation is 1. The van der Waals surface area contributed by atoms with Gasteiger partial charge in [-0.25, -0.2) is 8.42 Å². The zero-order chi connectivity index (χ0) is 16.4. The third-order valence-corrected chi connectivity index (χ3v) is 5.87. The maximum atomic E-state index is 12.5. The van der Waals surface area contributed by atoms with Gasteiger partial charge in [0.1, 0.15) is 10.6 Å². The van der Waals surface area contributed by atoms with Crippen LogP contribution in [0.25, 0.3) is 0 Å². The van der Waals surface area contributed by atoms with Crippen molar-refractivity contribution in [1.29, 1.82) is 0 Å². The van der Waals surface area contributed by atoms with Crippen LogP contribution in [0, 0.1) is 6.92 Å². The SMILES string of the molecule is Cc1ccccc1NC(=O)c1cc(S(=O)(=O)N2CCCC2)c[nH]1. The molecular weight excluding hydrogens is 314 g/mol. The lowest BCUT2D eigenvalue weighted by Crippen LogP contribution is -2.27. The second-order valence-corrected chi connectivity index (χ2v) is 7.57. The van der Waals surface area contributed by atoms with E-state index in [1.54, 1.807) is 6.07 Å². The van der Waals surface area contributed by atoms with E-state index in [9.17, 15) is 13.2 Å². The Morgan fingerprint density at radius 1 is 1.22 bits per heavy atom. The number of sulfonamides is 1. The average Bonchev–Trinajstić information content (AvgIpc) is 3.21. The molecule has 0 aliphatic carbocycles. The molecule has 1 aliphatic heterocycles. The maximum Gasteiger partial charge on any atom is 0.272 e. The van der Waals surface area contributed by atoms with Crippen LogP contribution in [-0.2, 0) is 10.0 Å². The summed E-state index contributed by atoms with van der Waals surface area (Å²) in [5.41, 5.74) is 1.87. The molecule has 1 amide bonds. The maximum absolute atomic E-state index is 12.5. The number of aromatic nitrogens is 1. The van der Waals surface area contributed by atoms with E-state index >= 15 is 0 Å². The number of carbonyl (C=O) groups is 1. The summed E-state index contributed by atoms with van der Waals surface area (Å²) in [6, 6.07) is 8.81. The molecule has 1 saturated heterocycles. The van der Waals surface area contributed by atoms with Gasteiger partial charge in [-0.05, 0) is 37.5 Å². The molecule has 0 atom stereocenters. The molecule has 3 rings (SSSR count). The molecule has 23 heavy (non-hydrogen) atoms. The van der Waals surface area contributed by atoms with Crippen molar-refractivity contribution in [3.8, 4) is 0 Å². The minimum absolute atomic E-state index is 0.134. The minimum Gasteiger partial charge on any atom is -0.356 e. The highest BCUT2D eigenvalue weighted by atomic mass is 32.2. The van der Waals surface area contributed by atoms with Crippen LogP contribution < -0.4 is 5.32 Å². The summed E-state index contributed by atoms with van der Waals surface area (Å²) < 4.78 is 26.4. The molecule has 1 aromatic heterocycles. The van der Waals surface area contributed by atoms with E-state index in [1.807, 2.05) is 25.1 Å².